The number of nitrogens with two attached hydrogens (primary N) is 1. The van der Waals surface area contributed by atoms with Crippen molar-refractivity contribution < 1.29 is 0 Å². The van der Waals surface area contributed by atoms with Crippen LogP contribution in [0.5, 0.6) is 0 Å². The number of likely N-dealkylation sites (N-methyl/N-ethyl adjacent to an activating group) is 1. The fourth-order valence-corrected chi connectivity index (χ4v) is 3.81. The molecule has 1 aliphatic heterocycles. The molecule has 0 aromatic rings. The molecular weight excluding hydrogens is 218 g/mol. The van der Waals surface area contributed by atoms with E-state index in [4.69, 9.17) is 5.73 Å². The second-order valence-corrected chi connectivity index (χ2v) is 6.03. The minimum Gasteiger partial charge on any atom is -0.329 e. The van der Waals surface area contributed by atoms with Crippen LogP contribution < -0.4 is 11.1 Å². The van der Waals surface area contributed by atoms with E-state index < -0.39 is 0 Å². The van der Waals surface area contributed by atoms with Gasteiger partial charge in [-0.1, -0.05) is 20.8 Å². The highest BCUT2D eigenvalue weighted by Crippen LogP contribution is 2.34. The van der Waals surface area contributed by atoms with E-state index in [0.717, 1.165) is 32.7 Å². The Bertz CT molecular complexity index is 197. The molecule has 0 aliphatic carbocycles. The van der Waals surface area contributed by atoms with Gasteiger partial charge in [0.05, 0.1) is 0 Å². The van der Waals surface area contributed by atoms with E-state index in [1.54, 1.807) is 0 Å². The minimum atomic E-state index is 0.192. The summed E-state index contributed by atoms with van der Waals surface area (Å²) in [5.74, 6) is 1.25. The van der Waals surface area contributed by atoms with E-state index in [1.165, 1.54) is 12.2 Å². The summed E-state index contributed by atoms with van der Waals surface area (Å²) in [7, 11) is 0. The highest BCUT2D eigenvalue weighted by atomic mass is 32.2. The molecule has 1 aliphatic rings. The van der Waals surface area contributed by atoms with Gasteiger partial charge in [0.1, 0.15) is 0 Å². The molecule has 2 atom stereocenters. The largest absolute Gasteiger partial charge is 0.329 e. The maximum atomic E-state index is 5.95. The van der Waals surface area contributed by atoms with Crippen molar-refractivity contribution >= 4 is 11.8 Å². The molecule has 0 saturated carbocycles. The first-order chi connectivity index (χ1) is 7.68. The third-order valence-electron chi connectivity index (χ3n) is 3.86. The Hall–Kier alpha value is 0.230. The topological polar surface area (TPSA) is 41.3 Å². The predicted molar refractivity (Wildman–Crippen MR) is 74.1 cm³/mol. The van der Waals surface area contributed by atoms with Crippen LogP contribution in [-0.4, -0.2) is 54.2 Å². The Labute approximate surface area is 105 Å². The van der Waals surface area contributed by atoms with Crippen molar-refractivity contribution in [3.63, 3.8) is 0 Å². The van der Waals surface area contributed by atoms with E-state index in [2.05, 4.69) is 31.0 Å². The standard InChI is InChI=1S/C12H27N3S/c1-4-15(5-2)8-7-14-12(10-13)6-9-16-11(12)3/h11,14H,4-10,13H2,1-3H3. The average Bonchev–Trinajstić information content (AvgIpc) is 2.67. The maximum Gasteiger partial charge on any atom is 0.0429 e. The highest BCUT2D eigenvalue weighted by molar-refractivity contribution is 8.00. The van der Waals surface area contributed by atoms with Gasteiger partial charge in [0.2, 0.25) is 0 Å². The van der Waals surface area contributed by atoms with Crippen LogP contribution in [0.4, 0.5) is 0 Å². The van der Waals surface area contributed by atoms with Gasteiger partial charge in [0.25, 0.3) is 0 Å². The van der Waals surface area contributed by atoms with Crippen LogP contribution in [0.1, 0.15) is 27.2 Å². The van der Waals surface area contributed by atoms with Gasteiger partial charge in [-0.15, -0.1) is 0 Å². The lowest BCUT2D eigenvalue weighted by Crippen LogP contribution is -2.56. The van der Waals surface area contributed by atoms with Crippen molar-refractivity contribution in [1.29, 1.82) is 0 Å². The lowest BCUT2D eigenvalue weighted by molar-refractivity contribution is 0.267. The van der Waals surface area contributed by atoms with Crippen molar-refractivity contribution in [2.45, 2.75) is 38.0 Å². The molecule has 1 saturated heterocycles. The molecule has 16 heavy (non-hydrogen) atoms. The summed E-state index contributed by atoms with van der Waals surface area (Å²) in [5.41, 5.74) is 6.14. The molecule has 0 spiro atoms. The highest BCUT2D eigenvalue weighted by Gasteiger charge is 2.38. The van der Waals surface area contributed by atoms with Crippen LogP contribution in [0, 0.1) is 0 Å². The van der Waals surface area contributed by atoms with Crippen molar-refractivity contribution in [2.24, 2.45) is 5.73 Å². The van der Waals surface area contributed by atoms with Gasteiger partial charge >= 0.3 is 0 Å². The van der Waals surface area contributed by atoms with Crippen LogP contribution in [0.3, 0.4) is 0 Å². The van der Waals surface area contributed by atoms with Crippen molar-refractivity contribution in [3.8, 4) is 0 Å². The molecule has 1 heterocycles. The predicted octanol–water partition coefficient (Wildman–Crippen LogP) is 1.14. The SMILES string of the molecule is CCN(CC)CCNC1(CN)CCSC1C. The quantitative estimate of drug-likeness (QED) is 0.706. The van der Waals surface area contributed by atoms with Crippen molar-refractivity contribution in [2.75, 3.05) is 38.5 Å². The smallest absolute Gasteiger partial charge is 0.0429 e. The van der Waals surface area contributed by atoms with Gasteiger partial charge in [-0.3, -0.25) is 0 Å². The Morgan fingerprint density at radius 2 is 2.12 bits per heavy atom. The molecular formula is C12H27N3S. The summed E-state index contributed by atoms with van der Waals surface area (Å²) < 4.78 is 0. The second kappa shape index (κ2) is 6.84. The van der Waals surface area contributed by atoms with Gasteiger partial charge < -0.3 is 16.0 Å². The zero-order valence-corrected chi connectivity index (χ0v) is 11.8. The summed E-state index contributed by atoms with van der Waals surface area (Å²) in [5, 5.41) is 4.35. The van der Waals surface area contributed by atoms with E-state index in [-0.39, 0.29) is 5.54 Å². The van der Waals surface area contributed by atoms with Gasteiger partial charge in [0.15, 0.2) is 0 Å². The number of hydrogen-bond donors (Lipinski definition) is 2. The molecule has 3 N–H and O–H groups in total. The Balaban J connectivity index is 2.34. The molecule has 0 amide bonds. The van der Waals surface area contributed by atoms with E-state index >= 15 is 0 Å². The van der Waals surface area contributed by atoms with Gasteiger partial charge in [-0.2, -0.15) is 11.8 Å². The zero-order valence-electron chi connectivity index (χ0n) is 11.0. The molecule has 3 nitrogen and oxygen atoms in total. The van der Waals surface area contributed by atoms with E-state index in [1.807, 2.05) is 11.8 Å². The van der Waals surface area contributed by atoms with Gasteiger partial charge in [-0.05, 0) is 25.3 Å². The first kappa shape index (κ1) is 14.3. The molecule has 0 radical (unpaired) electrons. The Kier molecular flexibility index (Phi) is 6.11. The Morgan fingerprint density at radius 3 is 2.56 bits per heavy atom. The Morgan fingerprint density at radius 1 is 1.44 bits per heavy atom. The molecule has 0 aromatic heterocycles. The van der Waals surface area contributed by atoms with Crippen LogP contribution in [0.25, 0.3) is 0 Å². The summed E-state index contributed by atoms with van der Waals surface area (Å²) in [6.07, 6.45) is 1.22. The van der Waals surface area contributed by atoms with Crippen molar-refractivity contribution in [1.82, 2.24) is 10.2 Å². The van der Waals surface area contributed by atoms with E-state index in [9.17, 15) is 0 Å². The van der Waals surface area contributed by atoms with Crippen LogP contribution in [-0.2, 0) is 0 Å². The first-order valence-corrected chi connectivity index (χ1v) is 7.52. The number of hydrogen-bond acceptors (Lipinski definition) is 4. The molecule has 2 unspecified atom stereocenters. The maximum absolute atomic E-state index is 5.95. The molecule has 1 fully saturated rings. The fraction of sp³-hybridized carbons (Fsp3) is 1.00. The third kappa shape index (κ3) is 3.36. The number of nitrogens with zero attached hydrogens (tertiary/aromatic N) is 1. The summed E-state index contributed by atoms with van der Waals surface area (Å²) >= 11 is 2.04. The molecule has 0 bridgehead atoms. The molecule has 1 rings (SSSR count). The molecule has 0 aromatic carbocycles. The summed E-state index contributed by atoms with van der Waals surface area (Å²) in [6.45, 7) is 12.0. The molecule has 4 heteroatoms. The number of nitrogens with one attached hydrogen (secondary N) is 1. The number of thioether (sulfide) groups is 1. The van der Waals surface area contributed by atoms with Gasteiger partial charge in [0, 0.05) is 30.4 Å². The molecule has 96 valence electrons. The monoisotopic (exact) mass is 245 g/mol. The lowest BCUT2D eigenvalue weighted by atomic mass is 9.93. The normalized spacial score (nSPS) is 30.2. The van der Waals surface area contributed by atoms with Crippen LogP contribution >= 0.6 is 11.8 Å². The summed E-state index contributed by atoms with van der Waals surface area (Å²) in [4.78, 5) is 2.45. The van der Waals surface area contributed by atoms with Crippen LogP contribution in [0.2, 0.25) is 0 Å². The lowest BCUT2D eigenvalue weighted by Gasteiger charge is -2.34. The minimum absolute atomic E-state index is 0.192. The second-order valence-electron chi connectivity index (χ2n) is 4.58. The van der Waals surface area contributed by atoms with Gasteiger partial charge in [-0.25, -0.2) is 0 Å². The van der Waals surface area contributed by atoms with Crippen LogP contribution in [0.15, 0.2) is 0 Å². The number of rotatable bonds is 7. The first-order valence-electron chi connectivity index (χ1n) is 6.47. The van der Waals surface area contributed by atoms with E-state index in [0.29, 0.717) is 5.25 Å². The third-order valence-corrected chi connectivity index (χ3v) is 5.25. The van der Waals surface area contributed by atoms with Crippen molar-refractivity contribution in [3.05, 3.63) is 0 Å². The average molecular weight is 245 g/mol. The zero-order chi connectivity index (χ0) is 12.0. The fourth-order valence-electron chi connectivity index (χ4n) is 2.36. The summed E-state index contributed by atoms with van der Waals surface area (Å²) in [6, 6.07) is 0.